The van der Waals surface area contributed by atoms with E-state index in [4.69, 9.17) is 0 Å². The number of carbonyl (C=O) groups excluding carboxylic acids is 2. The third kappa shape index (κ3) is 6.46. The van der Waals surface area contributed by atoms with Crippen LogP contribution in [0.25, 0.3) is 0 Å². The van der Waals surface area contributed by atoms with Crippen molar-refractivity contribution in [1.82, 2.24) is 14.9 Å². The van der Waals surface area contributed by atoms with E-state index in [9.17, 15) is 18.0 Å². The van der Waals surface area contributed by atoms with Crippen molar-refractivity contribution in [1.29, 1.82) is 0 Å². The Hall–Kier alpha value is -1.58. The SMILES string of the molecule is CSCC[C@H](NC(=O)C1CCCN(S(=O)(=O)c2ccccc2)C1)C(=O)NC1CCCC1. The van der Waals surface area contributed by atoms with Crippen LogP contribution in [0.5, 0.6) is 0 Å². The van der Waals surface area contributed by atoms with Crippen molar-refractivity contribution in [3.63, 3.8) is 0 Å². The van der Waals surface area contributed by atoms with Crippen molar-refractivity contribution < 1.29 is 18.0 Å². The predicted octanol–water partition coefficient (Wildman–Crippen LogP) is 2.38. The molecule has 2 N–H and O–H groups in total. The minimum Gasteiger partial charge on any atom is -0.352 e. The average molecular weight is 468 g/mol. The zero-order valence-electron chi connectivity index (χ0n) is 18.1. The van der Waals surface area contributed by atoms with E-state index in [2.05, 4.69) is 10.6 Å². The van der Waals surface area contributed by atoms with Crippen LogP contribution < -0.4 is 10.6 Å². The van der Waals surface area contributed by atoms with Crippen LogP contribution in [-0.2, 0) is 19.6 Å². The number of thioether (sulfide) groups is 1. The highest BCUT2D eigenvalue weighted by Gasteiger charge is 2.35. The lowest BCUT2D eigenvalue weighted by atomic mass is 9.98. The number of amides is 2. The number of hydrogen-bond donors (Lipinski definition) is 2. The summed E-state index contributed by atoms with van der Waals surface area (Å²) < 4.78 is 27.3. The molecular weight excluding hydrogens is 434 g/mol. The van der Waals surface area contributed by atoms with E-state index in [-0.39, 0.29) is 29.3 Å². The lowest BCUT2D eigenvalue weighted by Crippen LogP contribution is -2.53. The van der Waals surface area contributed by atoms with E-state index in [1.165, 1.54) is 4.31 Å². The van der Waals surface area contributed by atoms with Gasteiger partial charge in [-0.1, -0.05) is 31.0 Å². The van der Waals surface area contributed by atoms with E-state index in [1.54, 1.807) is 42.1 Å². The summed E-state index contributed by atoms with van der Waals surface area (Å²) in [6.45, 7) is 0.543. The van der Waals surface area contributed by atoms with Gasteiger partial charge in [0.25, 0.3) is 0 Å². The summed E-state index contributed by atoms with van der Waals surface area (Å²) in [5.74, 6) is -0.0508. The summed E-state index contributed by atoms with van der Waals surface area (Å²) in [6, 6.07) is 7.93. The number of nitrogens with zero attached hydrogens (tertiary/aromatic N) is 1. The summed E-state index contributed by atoms with van der Waals surface area (Å²) in [4.78, 5) is 26.0. The molecule has 31 heavy (non-hydrogen) atoms. The van der Waals surface area contributed by atoms with Crippen LogP contribution in [0.15, 0.2) is 35.2 Å². The Labute approximate surface area is 189 Å². The first kappa shape index (κ1) is 24.1. The van der Waals surface area contributed by atoms with Gasteiger partial charge in [0.05, 0.1) is 10.8 Å². The van der Waals surface area contributed by atoms with E-state index >= 15 is 0 Å². The standard InChI is InChI=1S/C22H33N3O4S2/c1-30-15-13-20(22(27)23-18-9-5-6-10-18)24-21(26)17-8-7-14-25(16-17)31(28,29)19-11-3-2-4-12-19/h2-4,11-12,17-18,20H,5-10,13-16H2,1H3,(H,23,27)(H,24,26)/t17?,20-/m0/s1. The van der Waals surface area contributed by atoms with Crippen molar-refractivity contribution in [2.75, 3.05) is 25.1 Å². The molecule has 2 atom stereocenters. The first-order chi connectivity index (χ1) is 14.9. The molecule has 2 aliphatic rings. The summed E-state index contributed by atoms with van der Waals surface area (Å²) in [5, 5.41) is 6.00. The van der Waals surface area contributed by atoms with Crippen LogP contribution in [0.4, 0.5) is 0 Å². The highest BCUT2D eigenvalue weighted by Crippen LogP contribution is 2.24. The van der Waals surface area contributed by atoms with Crippen LogP contribution in [0, 0.1) is 5.92 Å². The predicted molar refractivity (Wildman–Crippen MR) is 123 cm³/mol. The minimum absolute atomic E-state index is 0.126. The van der Waals surface area contributed by atoms with Gasteiger partial charge >= 0.3 is 0 Å². The highest BCUT2D eigenvalue weighted by molar-refractivity contribution is 7.98. The highest BCUT2D eigenvalue weighted by atomic mass is 32.2. The fourth-order valence-corrected chi connectivity index (χ4v) is 6.30. The number of sulfonamides is 1. The monoisotopic (exact) mass is 467 g/mol. The lowest BCUT2D eigenvalue weighted by Gasteiger charge is -2.32. The summed E-state index contributed by atoms with van der Waals surface area (Å²) in [6.07, 6.45) is 8.00. The van der Waals surface area contributed by atoms with Gasteiger partial charge in [-0.3, -0.25) is 9.59 Å². The quantitative estimate of drug-likeness (QED) is 0.581. The first-order valence-electron chi connectivity index (χ1n) is 11.1. The Bertz CT molecular complexity index is 842. The smallest absolute Gasteiger partial charge is 0.243 e. The number of nitrogens with one attached hydrogen (secondary N) is 2. The van der Waals surface area contributed by atoms with Gasteiger partial charge in [0.2, 0.25) is 21.8 Å². The second-order valence-corrected chi connectivity index (χ2v) is 11.3. The van der Waals surface area contributed by atoms with Crippen LogP contribution in [0.2, 0.25) is 0 Å². The minimum atomic E-state index is -3.63. The first-order valence-corrected chi connectivity index (χ1v) is 13.9. The lowest BCUT2D eigenvalue weighted by molar-refractivity contribution is -0.132. The molecule has 7 nitrogen and oxygen atoms in total. The molecule has 9 heteroatoms. The number of piperidine rings is 1. The molecule has 1 aromatic rings. The van der Waals surface area contributed by atoms with Gasteiger partial charge in [-0.25, -0.2) is 8.42 Å². The number of carbonyl (C=O) groups is 2. The maximum atomic E-state index is 13.0. The molecule has 1 aliphatic carbocycles. The molecule has 1 aromatic carbocycles. The van der Waals surface area contributed by atoms with Gasteiger partial charge < -0.3 is 10.6 Å². The van der Waals surface area contributed by atoms with Gasteiger partial charge in [-0.15, -0.1) is 0 Å². The zero-order chi connectivity index (χ0) is 22.3. The van der Waals surface area contributed by atoms with Gasteiger partial charge in [0.15, 0.2) is 0 Å². The molecule has 2 amide bonds. The van der Waals surface area contributed by atoms with E-state index in [0.717, 1.165) is 31.4 Å². The Morgan fingerprint density at radius 1 is 1.13 bits per heavy atom. The Kier molecular flexibility index (Phi) is 8.80. The zero-order valence-corrected chi connectivity index (χ0v) is 19.7. The second-order valence-electron chi connectivity index (χ2n) is 8.35. The summed E-state index contributed by atoms with van der Waals surface area (Å²) in [5.41, 5.74) is 0. The third-order valence-electron chi connectivity index (χ3n) is 6.08. The Morgan fingerprint density at radius 2 is 1.84 bits per heavy atom. The van der Waals surface area contributed by atoms with E-state index in [0.29, 0.717) is 25.8 Å². The number of rotatable bonds is 9. The molecule has 1 heterocycles. The van der Waals surface area contributed by atoms with Crippen molar-refractivity contribution in [3.05, 3.63) is 30.3 Å². The van der Waals surface area contributed by atoms with E-state index < -0.39 is 22.0 Å². The molecule has 172 valence electrons. The van der Waals surface area contributed by atoms with Gasteiger partial charge in [0, 0.05) is 19.1 Å². The molecule has 0 spiro atoms. The summed E-state index contributed by atoms with van der Waals surface area (Å²) in [7, 11) is -3.63. The third-order valence-corrected chi connectivity index (χ3v) is 8.60. The van der Waals surface area contributed by atoms with Crippen LogP contribution in [0.1, 0.15) is 44.9 Å². The topological polar surface area (TPSA) is 95.6 Å². The van der Waals surface area contributed by atoms with Gasteiger partial charge in [0.1, 0.15) is 6.04 Å². The fraction of sp³-hybridized carbons (Fsp3) is 0.636. The van der Waals surface area contributed by atoms with Crippen molar-refractivity contribution in [3.8, 4) is 0 Å². The maximum Gasteiger partial charge on any atom is 0.243 e. The van der Waals surface area contributed by atoms with Crippen LogP contribution in [-0.4, -0.2) is 61.7 Å². The van der Waals surface area contributed by atoms with Crippen molar-refractivity contribution in [2.45, 2.75) is 61.9 Å². The van der Waals surface area contributed by atoms with Gasteiger partial charge in [-0.2, -0.15) is 16.1 Å². The molecule has 0 aromatic heterocycles. The average Bonchev–Trinajstić information content (AvgIpc) is 3.30. The molecule has 1 saturated carbocycles. The number of hydrogen-bond acceptors (Lipinski definition) is 5. The van der Waals surface area contributed by atoms with Crippen molar-refractivity contribution >= 4 is 33.6 Å². The molecule has 0 bridgehead atoms. The molecular formula is C22H33N3O4S2. The summed E-state index contributed by atoms with van der Waals surface area (Å²) >= 11 is 1.64. The Morgan fingerprint density at radius 3 is 2.52 bits per heavy atom. The molecule has 1 aliphatic heterocycles. The molecule has 1 unspecified atom stereocenters. The largest absolute Gasteiger partial charge is 0.352 e. The second kappa shape index (κ2) is 11.3. The van der Waals surface area contributed by atoms with Crippen molar-refractivity contribution in [2.24, 2.45) is 5.92 Å². The molecule has 3 rings (SSSR count). The fourth-order valence-electron chi connectivity index (χ4n) is 4.28. The normalized spacial score (nSPS) is 21.5. The molecule has 0 radical (unpaired) electrons. The van der Waals surface area contributed by atoms with Crippen LogP contribution >= 0.6 is 11.8 Å². The van der Waals surface area contributed by atoms with Crippen LogP contribution in [0.3, 0.4) is 0 Å². The molecule has 1 saturated heterocycles. The number of benzene rings is 1. The Balaban J connectivity index is 1.63. The molecule has 2 fully saturated rings. The maximum absolute atomic E-state index is 13.0. The van der Waals surface area contributed by atoms with Gasteiger partial charge in [-0.05, 0) is 56.2 Å². The van der Waals surface area contributed by atoms with E-state index in [1.807, 2.05) is 6.26 Å².